The Hall–Kier alpha value is -1.07. The average Bonchev–Trinajstić information content (AvgIpc) is 2.34. The van der Waals surface area contributed by atoms with Crippen LogP contribution in [-0.2, 0) is 9.84 Å². The first-order chi connectivity index (χ1) is 8.93. The van der Waals surface area contributed by atoms with Crippen LogP contribution in [0.2, 0.25) is 0 Å². The van der Waals surface area contributed by atoms with Crippen molar-refractivity contribution < 1.29 is 13.2 Å². The van der Waals surface area contributed by atoms with Crippen molar-refractivity contribution in [1.82, 2.24) is 5.32 Å². The molecule has 1 rings (SSSR count). The first-order valence-electron chi connectivity index (χ1n) is 6.61. The van der Waals surface area contributed by atoms with Gasteiger partial charge in [-0.05, 0) is 38.1 Å². The van der Waals surface area contributed by atoms with Gasteiger partial charge in [0, 0.05) is 12.8 Å². The Kier molecular flexibility index (Phi) is 6.31. The van der Waals surface area contributed by atoms with Gasteiger partial charge in [0.1, 0.15) is 11.9 Å². The van der Waals surface area contributed by atoms with Gasteiger partial charge in [-0.1, -0.05) is 19.4 Å². The Morgan fingerprint density at radius 2 is 2.11 bits per heavy atom. The van der Waals surface area contributed by atoms with E-state index < -0.39 is 9.84 Å². The molecule has 0 bridgehead atoms. The maximum absolute atomic E-state index is 11.4. The highest BCUT2D eigenvalue weighted by molar-refractivity contribution is 7.90. The summed E-state index contributed by atoms with van der Waals surface area (Å²) in [6, 6.07) is 6.62. The SMILES string of the molecule is CCCCNCC(C)Oc1cccc(S(C)(=O)=O)c1. The van der Waals surface area contributed by atoms with Gasteiger partial charge in [0.2, 0.25) is 0 Å². The summed E-state index contributed by atoms with van der Waals surface area (Å²) in [5.74, 6) is 0.590. The molecule has 0 aliphatic heterocycles. The average molecular weight is 285 g/mol. The third kappa shape index (κ3) is 6.07. The lowest BCUT2D eigenvalue weighted by molar-refractivity contribution is 0.216. The first kappa shape index (κ1) is 16.0. The highest BCUT2D eigenvalue weighted by atomic mass is 32.2. The molecule has 0 aliphatic rings. The van der Waals surface area contributed by atoms with Crippen molar-refractivity contribution in [2.45, 2.75) is 37.7 Å². The van der Waals surface area contributed by atoms with Crippen LogP contribution in [0.15, 0.2) is 29.2 Å². The summed E-state index contributed by atoms with van der Waals surface area (Å²) in [6.07, 6.45) is 3.52. The van der Waals surface area contributed by atoms with E-state index in [1.165, 1.54) is 12.7 Å². The van der Waals surface area contributed by atoms with Crippen molar-refractivity contribution in [3.63, 3.8) is 0 Å². The second kappa shape index (κ2) is 7.50. The number of ether oxygens (including phenoxy) is 1. The summed E-state index contributed by atoms with van der Waals surface area (Å²) in [6.45, 7) is 5.85. The normalized spacial score (nSPS) is 13.2. The molecule has 1 N–H and O–H groups in total. The molecule has 0 radical (unpaired) electrons. The van der Waals surface area contributed by atoms with E-state index in [2.05, 4.69) is 12.2 Å². The molecule has 0 heterocycles. The standard InChI is InChI=1S/C14H23NO3S/c1-4-5-9-15-11-12(2)18-13-7-6-8-14(10-13)19(3,16)17/h6-8,10,12,15H,4-5,9,11H2,1-3H3. The van der Waals surface area contributed by atoms with Gasteiger partial charge in [-0.15, -0.1) is 0 Å². The Bertz CT molecular complexity index is 485. The molecular weight excluding hydrogens is 262 g/mol. The van der Waals surface area contributed by atoms with Crippen molar-refractivity contribution in [2.75, 3.05) is 19.3 Å². The second-order valence-corrected chi connectivity index (χ2v) is 6.75. The molecule has 4 nitrogen and oxygen atoms in total. The summed E-state index contributed by atoms with van der Waals surface area (Å²) < 4.78 is 28.6. The third-order valence-corrected chi connectivity index (χ3v) is 3.82. The molecule has 1 atom stereocenters. The molecule has 19 heavy (non-hydrogen) atoms. The number of nitrogens with one attached hydrogen (secondary N) is 1. The molecule has 0 saturated heterocycles. The number of hydrogen-bond donors (Lipinski definition) is 1. The molecule has 5 heteroatoms. The maximum atomic E-state index is 11.4. The summed E-state index contributed by atoms with van der Waals surface area (Å²) in [4.78, 5) is 0.288. The van der Waals surface area contributed by atoms with Gasteiger partial charge in [-0.2, -0.15) is 0 Å². The van der Waals surface area contributed by atoms with E-state index in [0.717, 1.165) is 19.5 Å². The van der Waals surface area contributed by atoms with E-state index >= 15 is 0 Å². The van der Waals surface area contributed by atoms with Crippen LogP contribution < -0.4 is 10.1 Å². The molecule has 0 amide bonds. The van der Waals surface area contributed by atoms with Gasteiger partial charge >= 0.3 is 0 Å². The predicted octanol–water partition coefficient (Wildman–Crippen LogP) is 2.25. The fourth-order valence-corrected chi connectivity index (χ4v) is 2.32. The largest absolute Gasteiger partial charge is 0.489 e. The maximum Gasteiger partial charge on any atom is 0.175 e. The summed E-state index contributed by atoms with van der Waals surface area (Å²) in [5, 5.41) is 3.31. The highest BCUT2D eigenvalue weighted by Gasteiger charge is 2.09. The summed E-state index contributed by atoms with van der Waals surface area (Å²) >= 11 is 0. The van der Waals surface area contributed by atoms with Gasteiger partial charge in [0.05, 0.1) is 4.90 Å². The zero-order chi connectivity index (χ0) is 14.3. The monoisotopic (exact) mass is 285 g/mol. The Labute approximate surface area is 116 Å². The third-order valence-electron chi connectivity index (χ3n) is 2.71. The minimum atomic E-state index is -3.18. The number of unbranched alkanes of at least 4 members (excludes halogenated alkanes) is 1. The number of hydrogen-bond acceptors (Lipinski definition) is 4. The van der Waals surface area contributed by atoms with E-state index in [4.69, 9.17) is 4.74 Å². The molecule has 1 aromatic carbocycles. The van der Waals surface area contributed by atoms with Crippen LogP contribution in [0.25, 0.3) is 0 Å². The van der Waals surface area contributed by atoms with Gasteiger partial charge < -0.3 is 10.1 Å². The van der Waals surface area contributed by atoms with Crippen LogP contribution in [-0.4, -0.2) is 33.9 Å². The lowest BCUT2D eigenvalue weighted by Crippen LogP contribution is -2.29. The molecule has 0 saturated carbocycles. The van der Waals surface area contributed by atoms with Crippen molar-refractivity contribution >= 4 is 9.84 Å². The predicted molar refractivity (Wildman–Crippen MR) is 77.4 cm³/mol. The van der Waals surface area contributed by atoms with E-state index in [1.807, 2.05) is 6.92 Å². The molecule has 0 aromatic heterocycles. The van der Waals surface area contributed by atoms with Crippen LogP contribution in [0.1, 0.15) is 26.7 Å². The topological polar surface area (TPSA) is 55.4 Å². The van der Waals surface area contributed by atoms with E-state index in [9.17, 15) is 8.42 Å². The molecular formula is C14H23NO3S. The molecule has 1 aromatic rings. The lowest BCUT2D eigenvalue weighted by Gasteiger charge is -2.15. The summed E-state index contributed by atoms with van der Waals surface area (Å²) in [5.41, 5.74) is 0. The zero-order valence-corrected chi connectivity index (χ0v) is 12.7. The minimum Gasteiger partial charge on any atom is -0.489 e. The van der Waals surface area contributed by atoms with E-state index in [1.54, 1.807) is 24.3 Å². The Balaban J connectivity index is 2.53. The molecule has 1 unspecified atom stereocenters. The second-order valence-electron chi connectivity index (χ2n) is 4.73. The van der Waals surface area contributed by atoms with Crippen LogP contribution in [0, 0.1) is 0 Å². The quantitative estimate of drug-likeness (QED) is 0.744. The van der Waals surface area contributed by atoms with E-state index in [-0.39, 0.29) is 11.0 Å². The van der Waals surface area contributed by atoms with Crippen molar-refractivity contribution in [3.05, 3.63) is 24.3 Å². The van der Waals surface area contributed by atoms with Crippen LogP contribution in [0.4, 0.5) is 0 Å². The first-order valence-corrected chi connectivity index (χ1v) is 8.50. The van der Waals surface area contributed by atoms with Crippen LogP contribution in [0.3, 0.4) is 0 Å². The molecule has 108 valence electrons. The minimum absolute atomic E-state index is 0.00617. The zero-order valence-electron chi connectivity index (χ0n) is 11.8. The van der Waals surface area contributed by atoms with Gasteiger partial charge in [0.25, 0.3) is 0 Å². The molecule has 0 spiro atoms. The summed E-state index contributed by atoms with van der Waals surface area (Å²) in [7, 11) is -3.18. The van der Waals surface area contributed by atoms with Gasteiger partial charge in [-0.25, -0.2) is 8.42 Å². The lowest BCUT2D eigenvalue weighted by atomic mass is 10.3. The van der Waals surface area contributed by atoms with Crippen LogP contribution in [0.5, 0.6) is 5.75 Å². The number of sulfone groups is 1. The molecule has 0 aliphatic carbocycles. The fraction of sp³-hybridized carbons (Fsp3) is 0.571. The fourth-order valence-electron chi connectivity index (χ4n) is 1.66. The van der Waals surface area contributed by atoms with Gasteiger partial charge in [-0.3, -0.25) is 0 Å². The number of rotatable bonds is 8. The highest BCUT2D eigenvalue weighted by Crippen LogP contribution is 2.18. The van der Waals surface area contributed by atoms with Crippen LogP contribution >= 0.6 is 0 Å². The Morgan fingerprint density at radius 1 is 1.37 bits per heavy atom. The van der Waals surface area contributed by atoms with Crippen molar-refractivity contribution in [1.29, 1.82) is 0 Å². The van der Waals surface area contributed by atoms with Crippen molar-refractivity contribution in [2.24, 2.45) is 0 Å². The van der Waals surface area contributed by atoms with Crippen molar-refractivity contribution in [3.8, 4) is 5.75 Å². The molecule has 0 fully saturated rings. The number of benzene rings is 1. The van der Waals surface area contributed by atoms with E-state index in [0.29, 0.717) is 5.75 Å². The smallest absolute Gasteiger partial charge is 0.175 e. The van der Waals surface area contributed by atoms with Gasteiger partial charge in [0.15, 0.2) is 9.84 Å². The Morgan fingerprint density at radius 3 is 2.74 bits per heavy atom.